The monoisotopic (exact) mass is 501 g/mol. The van der Waals surface area contributed by atoms with E-state index in [1.807, 2.05) is 6.07 Å². The molecule has 1 rings (SSSR count). The Hall–Kier alpha value is -0.0851. The summed E-state index contributed by atoms with van der Waals surface area (Å²) in [6.45, 7) is 0. The van der Waals surface area contributed by atoms with Crippen LogP contribution in [0.4, 0.5) is 0 Å². The van der Waals surface area contributed by atoms with E-state index in [1.165, 1.54) is 0 Å². The van der Waals surface area contributed by atoms with Gasteiger partial charge in [0.25, 0.3) is 0 Å². The fourth-order valence-electron chi connectivity index (χ4n) is 1.32. The van der Waals surface area contributed by atoms with E-state index in [2.05, 4.69) is 54.2 Å². The molecule has 1 aromatic rings. The lowest BCUT2D eigenvalue weighted by molar-refractivity contribution is -0.137. The first-order valence-corrected chi connectivity index (χ1v) is 8.12. The van der Waals surface area contributed by atoms with Crippen molar-refractivity contribution >= 4 is 76.8 Å². The third kappa shape index (κ3) is 5.82. The van der Waals surface area contributed by atoms with Gasteiger partial charge in [0.05, 0.1) is 4.47 Å². The van der Waals surface area contributed by atoms with E-state index in [9.17, 15) is 9.59 Å². The third-order valence-corrected chi connectivity index (χ3v) is 3.86. The van der Waals surface area contributed by atoms with Crippen LogP contribution < -0.4 is 10.2 Å². The van der Waals surface area contributed by atoms with Crippen molar-refractivity contribution in [1.82, 2.24) is 0 Å². The molecule has 0 aliphatic heterocycles. The largest absolute Gasteiger partial charge is 0.481 e. The van der Waals surface area contributed by atoms with Crippen LogP contribution in [0.3, 0.4) is 0 Å². The molecule has 8 heteroatoms. The predicted molar refractivity (Wildman–Crippen MR) is 88.4 cm³/mol. The van der Waals surface area contributed by atoms with Gasteiger partial charge in [-0.3, -0.25) is 9.59 Å². The number of benzene rings is 1. The number of esters is 1. The van der Waals surface area contributed by atoms with Crippen molar-refractivity contribution in [3.63, 3.8) is 0 Å². The minimum atomic E-state index is -0.918. The predicted octanol–water partition coefficient (Wildman–Crippen LogP) is 3.05. The minimum absolute atomic E-state index is 0.0398. The number of hydrogen-bond donors (Lipinski definition) is 1. The van der Waals surface area contributed by atoms with Crippen LogP contribution in [0.1, 0.15) is 19.3 Å². The summed E-state index contributed by atoms with van der Waals surface area (Å²) in [5.74, 6) is -0.916. The lowest BCUT2D eigenvalue weighted by atomic mass is 9.95. The molecular weight excluding hydrogens is 494 g/mol. The topological polar surface area (TPSA) is 63.6 Å². The van der Waals surface area contributed by atoms with Gasteiger partial charge in [0.1, 0.15) is 5.75 Å². The number of aliphatic carboxylic acids is 1. The molecule has 0 unspecified atom stereocenters. The van der Waals surface area contributed by atoms with Gasteiger partial charge in [0, 0.05) is 17.3 Å². The van der Waals surface area contributed by atoms with Crippen LogP contribution >= 0.6 is 54.2 Å². The fraction of sp³-hybridized carbons (Fsp3) is 0.273. The maximum Gasteiger partial charge on any atom is 0.311 e. The highest BCUT2D eigenvalue weighted by Crippen LogP contribution is 2.27. The standard InChI is InChI=1S/C11H9BBr2IO4/c13-6-4-7(12-15)11(8(14)5-6)19-10(18)3-1-2-9(16)17/h4-5H,1-3H2,(H,16,17). The maximum atomic E-state index is 11.6. The van der Waals surface area contributed by atoms with Gasteiger partial charge >= 0.3 is 11.9 Å². The molecule has 0 aromatic heterocycles. The summed E-state index contributed by atoms with van der Waals surface area (Å²) in [6, 6.07) is 3.61. The normalized spacial score (nSPS) is 10.1. The van der Waals surface area contributed by atoms with E-state index in [4.69, 9.17) is 9.84 Å². The second kappa shape index (κ2) is 8.26. The second-order valence-electron chi connectivity index (χ2n) is 3.64. The molecule has 0 fully saturated rings. The molecule has 0 saturated heterocycles. The van der Waals surface area contributed by atoms with E-state index in [-0.39, 0.29) is 19.3 Å². The average molecular weight is 503 g/mol. The van der Waals surface area contributed by atoms with Crippen LogP contribution in [-0.4, -0.2) is 22.2 Å². The molecule has 0 aliphatic carbocycles. The molecule has 19 heavy (non-hydrogen) atoms. The van der Waals surface area contributed by atoms with Gasteiger partial charge in [0.15, 0.2) is 0 Å². The van der Waals surface area contributed by atoms with E-state index < -0.39 is 11.9 Å². The third-order valence-electron chi connectivity index (χ3n) is 2.14. The van der Waals surface area contributed by atoms with E-state index in [0.29, 0.717) is 10.2 Å². The van der Waals surface area contributed by atoms with Crippen LogP contribution in [-0.2, 0) is 9.59 Å². The number of carboxylic acids is 1. The Kier molecular flexibility index (Phi) is 7.37. The Labute approximate surface area is 141 Å². The molecule has 1 N–H and O–H groups in total. The fourth-order valence-corrected chi connectivity index (χ4v) is 3.12. The zero-order valence-electron chi connectivity index (χ0n) is 9.66. The zero-order valence-corrected chi connectivity index (χ0v) is 15.0. The Morgan fingerprint density at radius 3 is 2.58 bits per heavy atom. The summed E-state index contributed by atoms with van der Waals surface area (Å²) in [5, 5.41) is 10.3. The zero-order chi connectivity index (χ0) is 14.4. The first-order chi connectivity index (χ1) is 8.93. The number of halogens is 3. The second-order valence-corrected chi connectivity index (χ2v) is 6.03. The first-order valence-electron chi connectivity index (χ1n) is 5.29. The maximum absolute atomic E-state index is 11.6. The highest BCUT2D eigenvalue weighted by Gasteiger charge is 2.14. The van der Waals surface area contributed by atoms with Gasteiger partial charge in [-0.25, -0.2) is 0 Å². The van der Waals surface area contributed by atoms with Crippen molar-refractivity contribution in [2.24, 2.45) is 0 Å². The number of carbonyl (C=O) groups excluding carboxylic acids is 1. The SMILES string of the molecule is O=C(O)CCCC(=O)Oc1c(Br)cc(Br)cc1[B]I. The molecule has 0 bridgehead atoms. The summed E-state index contributed by atoms with van der Waals surface area (Å²) >= 11 is 8.75. The minimum Gasteiger partial charge on any atom is -0.481 e. The molecule has 0 atom stereocenters. The van der Waals surface area contributed by atoms with Crippen LogP contribution in [0.15, 0.2) is 21.1 Å². The highest BCUT2D eigenvalue weighted by atomic mass is 127. The van der Waals surface area contributed by atoms with E-state index in [0.717, 1.165) is 9.94 Å². The number of hydrogen-bond acceptors (Lipinski definition) is 3. The Bertz CT molecular complexity index is 496. The van der Waals surface area contributed by atoms with Crippen LogP contribution in [0.2, 0.25) is 0 Å². The molecule has 0 aliphatic rings. The summed E-state index contributed by atoms with van der Waals surface area (Å²) < 4.78 is 6.80. The van der Waals surface area contributed by atoms with Crippen molar-refractivity contribution in [2.75, 3.05) is 0 Å². The molecule has 0 spiro atoms. The van der Waals surface area contributed by atoms with Gasteiger partial charge in [-0.05, 0) is 39.9 Å². The Balaban J connectivity index is 2.71. The number of carbonyl (C=O) groups is 2. The summed E-state index contributed by atoms with van der Waals surface area (Å²) in [4.78, 5) is 22.0. The number of carboxylic acid groups (broad SMARTS) is 1. The lowest BCUT2D eigenvalue weighted by Crippen LogP contribution is -2.18. The number of rotatable bonds is 6. The quantitative estimate of drug-likeness (QED) is 0.281. The number of ether oxygens (including phenoxy) is 1. The Morgan fingerprint density at radius 2 is 2.00 bits per heavy atom. The lowest BCUT2D eigenvalue weighted by Gasteiger charge is -2.11. The average Bonchev–Trinajstić information content (AvgIpc) is 2.31. The van der Waals surface area contributed by atoms with Gasteiger partial charge < -0.3 is 9.84 Å². The highest BCUT2D eigenvalue weighted by molar-refractivity contribution is 14.1. The smallest absolute Gasteiger partial charge is 0.311 e. The van der Waals surface area contributed by atoms with Gasteiger partial charge in [-0.15, -0.1) is 0 Å². The van der Waals surface area contributed by atoms with E-state index >= 15 is 0 Å². The molecular formula is C11H9BBr2IO4. The molecule has 101 valence electrons. The molecule has 0 amide bonds. The molecule has 0 saturated carbocycles. The molecule has 4 nitrogen and oxygen atoms in total. The molecule has 0 heterocycles. The summed E-state index contributed by atoms with van der Waals surface area (Å²) in [7, 11) is 0. The Morgan fingerprint density at radius 1 is 1.32 bits per heavy atom. The molecule has 1 radical (unpaired) electrons. The molecule has 1 aromatic carbocycles. The summed E-state index contributed by atoms with van der Waals surface area (Å²) in [5.41, 5.74) is 0.772. The van der Waals surface area contributed by atoms with Crippen LogP contribution in [0, 0.1) is 0 Å². The van der Waals surface area contributed by atoms with Crippen molar-refractivity contribution in [3.8, 4) is 5.75 Å². The van der Waals surface area contributed by atoms with Crippen LogP contribution in [0.5, 0.6) is 5.75 Å². The van der Waals surface area contributed by atoms with Crippen molar-refractivity contribution < 1.29 is 19.4 Å². The first kappa shape index (κ1) is 17.0. The van der Waals surface area contributed by atoms with Crippen molar-refractivity contribution in [1.29, 1.82) is 0 Å². The van der Waals surface area contributed by atoms with Crippen molar-refractivity contribution in [3.05, 3.63) is 21.1 Å². The van der Waals surface area contributed by atoms with Gasteiger partial charge in [-0.1, -0.05) is 15.9 Å². The van der Waals surface area contributed by atoms with E-state index in [1.54, 1.807) is 11.2 Å². The van der Waals surface area contributed by atoms with Gasteiger partial charge in [-0.2, -0.15) is 22.4 Å². The van der Waals surface area contributed by atoms with Gasteiger partial charge in [0.2, 0.25) is 5.14 Å². The van der Waals surface area contributed by atoms with Crippen LogP contribution in [0.25, 0.3) is 0 Å². The van der Waals surface area contributed by atoms with Crippen molar-refractivity contribution in [2.45, 2.75) is 19.3 Å². The summed E-state index contributed by atoms with van der Waals surface area (Å²) in [6.07, 6.45) is 0.308.